The molecule has 70 valence electrons. The molecule has 1 aromatic rings. The molecule has 0 atom stereocenters. The molecular formula is C10H10Cl2O. The van der Waals surface area contributed by atoms with Crippen molar-refractivity contribution in [3.8, 4) is 0 Å². The highest BCUT2D eigenvalue weighted by molar-refractivity contribution is 6.33. The van der Waals surface area contributed by atoms with Crippen LogP contribution in [0.1, 0.15) is 24.3 Å². The number of benzene rings is 1. The maximum Gasteiger partial charge on any atom is 0.0552 e. The number of hydrogen-bond acceptors (Lipinski definition) is 1. The lowest BCUT2D eigenvalue weighted by atomic mass is 9.78. The van der Waals surface area contributed by atoms with Crippen LogP contribution in [0.3, 0.4) is 0 Å². The Kier molecular flexibility index (Phi) is 2.50. The van der Waals surface area contributed by atoms with Crippen LogP contribution in [-0.2, 0) is 0 Å². The molecule has 0 unspecified atom stereocenters. The van der Waals surface area contributed by atoms with Gasteiger partial charge in [0.2, 0.25) is 0 Å². The third-order valence-electron chi connectivity index (χ3n) is 2.51. The first kappa shape index (κ1) is 9.32. The number of aliphatic hydroxyl groups excluding tert-OH is 1. The van der Waals surface area contributed by atoms with Crippen LogP contribution in [0, 0.1) is 0 Å². The first-order chi connectivity index (χ1) is 6.16. The summed E-state index contributed by atoms with van der Waals surface area (Å²) in [6.07, 6.45) is 1.46. The van der Waals surface area contributed by atoms with E-state index in [0.717, 1.165) is 23.4 Å². The summed E-state index contributed by atoms with van der Waals surface area (Å²) in [7, 11) is 0. The van der Waals surface area contributed by atoms with Crippen LogP contribution in [0.5, 0.6) is 0 Å². The minimum Gasteiger partial charge on any atom is -0.393 e. The summed E-state index contributed by atoms with van der Waals surface area (Å²) in [5, 5.41) is 10.6. The molecule has 0 heterocycles. The standard InChI is InChI=1S/C10H10Cl2O/c11-7-1-2-10(12)9(5-7)6-3-8(13)4-6/h1-2,5-6,8,13H,3-4H2. The Hall–Kier alpha value is -0.240. The van der Waals surface area contributed by atoms with E-state index in [1.807, 2.05) is 12.1 Å². The molecule has 0 saturated heterocycles. The maximum absolute atomic E-state index is 9.16. The fraction of sp³-hybridized carbons (Fsp3) is 0.400. The molecule has 1 fully saturated rings. The molecule has 1 N–H and O–H groups in total. The second-order valence-corrected chi connectivity index (χ2v) is 4.33. The molecule has 0 amide bonds. The Morgan fingerprint density at radius 2 is 1.92 bits per heavy atom. The van der Waals surface area contributed by atoms with E-state index in [1.165, 1.54) is 0 Å². The normalized spacial score (nSPS) is 27.0. The average molecular weight is 217 g/mol. The second kappa shape index (κ2) is 3.49. The van der Waals surface area contributed by atoms with Crippen molar-refractivity contribution in [2.45, 2.75) is 24.9 Å². The Balaban J connectivity index is 2.24. The lowest BCUT2D eigenvalue weighted by molar-refractivity contribution is 0.0747. The molecule has 0 aromatic heterocycles. The zero-order valence-electron chi connectivity index (χ0n) is 7.00. The monoisotopic (exact) mass is 216 g/mol. The van der Waals surface area contributed by atoms with Crippen LogP contribution >= 0.6 is 23.2 Å². The van der Waals surface area contributed by atoms with Crippen LogP contribution in [0.2, 0.25) is 10.0 Å². The fourth-order valence-electron chi connectivity index (χ4n) is 1.67. The minimum atomic E-state index is -0.153. The van der Waals surface area contributed by atoms with Crippen molar-refractivity contribution in [3.63, 3.8) is 0 Å². The predicted molar refractivity (Wildman–Crippen MR) is 54.4 cm³/mol. The third kappa shape index (κ3) is 1.83. The number of rotatable bonds is 1. The van der Waals surface area contributed by atoms with Crippen LogP contribution < -0.4 is 0 Å². The molecule has 1 nitrogen and oxygen atoms in total. The first-order valence-electron chi connectivity index (χ1n) is 4.30. The van der Waals surface area contributed by atoms with Crippen molar-refractivity contribution in [1.82, 2.24) is 0 Å². The highest BCUT2D eigenvalue weighted by Crippen LogP contribution is 2.40. The molecule has 0 spiro atoms. The van der Waals surface area contributed by atoms with Gasteiger partial charge < -0.3 is 5.11 Å². The Labute approximate surface area is 87.3 Å². The Morgan fingerprint density at radius 1 is 1.23 bits per heavy atom. The highest BCUT2D eigenvalue weighted by Gasteiger charge is 2.29. The smallest absolute Gasteiger partial charge is 0.0552 e. The molecule has 0 aliphatic heterocycles. The van der Waals surface area contributed by atoms with Crippen molar-refractivity contribution in [2.75, 3.05) is 0 Å². The van der Waals surface area contributed by atoms with Crippen LogP contribution in [0.15, 0.2) is 18.2 Å². The van der Waals surface area contributed by atoms with Gasteiger partial charge >= 0.3 is 0 Å². The topological polar surface area (TPSA) is 20.2 Å². The van der Waals surface area contributed by atoms with Gasteiger partial charge in [-0.2, -0.15) is 0 Å². The van der Waals surface area contributed by atoms with Crippen molar-refractivity contribution >= 4 is 23.2 Å². The lowest BCUT2D eigenvalue weighted by Crippen LogP contribution is -2.26. The van der Waals surface area contributed by atoms with Crippen molar-refractivity contribution in [3.05, 3.63) is 33.8 Å². The van der Waals surface area contributed by atoms with Crippen molar-refractivity contribution in [2.24, 2.45) is 0 Å². The Morgan fingerprint density at radius 3 is 2.54 bits per heavy atom. The quantitative estimate of drug-likeness (QED) is 0.765. The van der Waals surface area contributed by atoms with Gasteiger partial charge in [0.25, 0.3) is 0 Å². The van der Waals surface area contributed by atoms with Crippen LogP contribution in [-0.4, -0.2) is 11.2 Å². The fourth-order valence-corrected chi connectivity index (χ4v) is 2.12. The molecule has 3 heteroatoms. The molecule has 1 aromatic carbocycles. The van der Waals surface area contributed by atoms with Gasteiger partial charge in [-0.25, -0.2) is 0 Å². The average Bonchev–Trinajstić information content (AvgIpc) is 2.04. The molecule has 13 heavy (non-hydrogen) atoms. The molecule has 0 bridgehead atoms. The summed E-state index contributed by atoms with van der Waals surface area (Å²) < 4.78 is 0. The number of halogens is 2. The summed E-state index contributed by atoms with van der Waals surface area (Å²) in [6.45, 7) is 0. The molecule has 1 saturated carbocycles. The lowest BCUT2D eigenvalue weighted by Gasteiger charge is -2.32. The van der Waals surface area contributed by atoms with Gasteiger partial charge in [0.05, 0.1) is 6.10 Å². The van der Waals surface area contributed by atoms with E-state index >= 15 is 0 Å². The second-order valence-electron chi connectivity index (χ2n) is 3.49. The van der Waals surface area contributed by atoms with Gasteiger partial charge in [-0.15, -0.1) is 0 Å². The molecule has 1 aliphatic rings. The first-order valence-corrected chi connectivity index (χ1v) is 5.05. The largest absolute Gasteiger partial charge is 0.393 e. The maximum atomic E-state index is 9.16. The summed E-state index contributed by atoms with van der Waals surface area (Å²) in [5.41, 5.74) is 1.07. The van der Waals surface area contributed by atoms with E-state index in [4.69, 9.17) is 28.3 Å². The van der Waals surface area contributed by atoms with E-state index in [-0.39, 0.29) is 6.10 Å². The molecule has 0 radical (unpaired) electrons. The summed E-state index contributed by atoms with van der Waals surface area (Å²) in [4.78, 5) is 0. The van der Waals surface area contributed by atoms with E-state index in [9.17, 15) is 0 Å². The molecule has 2 rings (SSSR count). The van der Waals surface area contributed by atoms with E-state index in [1.54, 1.807) is 6.07 Å². The Bertz CT molecular complexity index is 319. The van der Waals surface area contributed by atoms with Gasteiger partial charge in [0.15, 0.2) is 0 Å². The summed E-state index contributed by atoms with van der Waals surface area (Å²) in [5.74, 6) is 0.390. The minimum absolute atomic E-state index is 0.153. The zero-order valence-corrected chi connectivity index (χ0v) is 8.52. The number of aliphatic hydroxyl groups is 1. The van der Waals surface area contributed by atoms with Crippen molar-refractivity contribution in [1.29, 1.82) is 0 Å². The van der Waals surface area contributed by atoms with Gasteiger partial charge in [-0.05, 0) is 42.5 Å². The van der Waals surface area contributed by atoms with E-state index < -0.39 is 0 Å². The van der Waals surface area contributed by atoms with Crippen LogP contribution in [0.4, 0.5) is 0 Å². The SMILES string of the molecule is OC1CC(c2cc(Cl)ccc2Cl)C1. The van der Waals surface area contributed by atoms with Crippen molar-refractivity contribution < 1.29 is 5.11 Å². The van der Waals surface area contributed by atoms with Gasteiger partial charge in [-0.3, -0.25) is 0 Å². The summed E-state index contributed by atoms with van der Waals surface area (Å²) in [6, 6.07) is 5.48. The van der Waals surface area contributed by atoms with E-state index in [2.05, 4.69) is 0 Å². The van der Waals surface area contributed by atoms with Gasteiger partial charge in [0, 0.05) is 10.0 Å². The van der Waals surface area contributed by atoms with Gasteiger partial charge in [0.1, 0.15) is 0 Å². The predicted octanol–water partition coefficient (Wildman–Crippen LogP) is 3.23. The van der Waals surface area contributed by atoms with Crippen LogP contribution in [0.25, 0.3) is 0 Å². The molecule has 1 aliphatic carbocycles. The van der Waals surface area contributed by atoms with Gasteiger partial charge in [-0.1, -0.05) is 23.2 Å². The third-order valence-corrected chi connectivity index (χ3v) is 3.09. The van der Waals surface area contributed by atoms with E-state index in [0.29, 0.717) is 10.9 Å². The summed E-state index contributed by atoms with van der Waals surface area (Å²) >= 11 is 11.9. The zero-order chi connectivity index (χ0) is 9.42. The highest BCUT2D eigenvalue weighted by atomic mass is 35.5. The number of hydrogen-bond donors (Lipinski definition) is 1. The molecular weight excluding hydrogens is 207 g/mol.